The van der Waals surface area contributed by atoms with E-state index in [2.05, 4.69) is 10.7 Å². The van der Waals surface area contributed by atoms with E-state index < -0.39 is 17.7 Å². The van der Waals surface area contributed by atoms with Crippen LogP contribution < -0.4 is 22.3 Å². The third kappa shape index (κ3) is 5.14. The number of nitrogens with two attached hydrogens (primary N) is 2. The molecular formula is C18H19F3N4O2. The third-order valence-electron chi connectivity index (χ3n) is 3.60. The van der Waals surface area contributed by atoms with Gasteiger partial charge in [0.2, 0.25) is 0 Å². The maximum Gasteiger partial charge on any atom is 0.416 e. The van der Waals surface area contributed by atoms with Crippen molar-refractivity contribution in [3.05, 3.63) is 65.6 Å². The summed E-state index contributed by atoms with van der Waals surface area (Å²) in [6, 6.07) is 11.6. The number of hydrazine groups is 1. The molecule has 144 valence electrons. The van der Waals surface area contributed by atoms with Crippen molar-refractivity contribution >= 4 is 11.7 Å². The smallest absolute Gasteiger partial charge is 0.416 e. The molecule has 0 aliphatic carbocycles. The van der Waals surface area contributed by atoms with Crippen molar-refractivity contribution in [3.8, 4) is 11.1 Å². The topological polar surface area (TPSA) is 102 Å². The SMILES string of the molecule is CCOC(=O)/C(NN)=C(/N)Nc1ccc(-c2ccc(C(F)(F)F)cc2)cc1. The van der Waals surface area contributed by atoms with Gasteiger partial charge in [0.25, 0.3) is 0 Å². The molecule has 0 fully saturated rings. The maximum absolute atomic E-state index is 12.6. The Morgan fingerprint density at radius 3 is 2.00 bits per heavy atom. The normalized spacial score (nSPS) is 12.2. The van der Waals surface area contributed by atoms with E-state index in [0.29, 0.717) is 11.3 Å². The van der Waals surface area contributed by atoms with Crippen LogP contribution in [0, 0.1) is 0 Å². The number of nitrogens with one attached hydrogen (secondary N) is 2. The molecule has 0 heterocycles. The first-order valence-corrected chi connectivity index (χ1v) is 7.94. The number of anilines is 1. The molecule has 0 unspecified atom stereocenters. The molecule has 0 spiro atoms. The minimum absolute atomic E-state index is 0.0294. The summed E-state index contributed by atoms with van der Waals surface area (Å²) in [5, 5.41) is 2.81. The molecule has 0 aliphatic heterocycles. The predicted octanol–water partition coefficient (Wildman–Crippen LogP) is 2.94. The van der Waals surface area contributed by atoms with Crippen molar-refractivity contribution in [2.75, 3.05) is 11.9 Å². The highest BCUT2D eigenvalue weighted by atomic mass is 19.4. The summed E-state index contributed by atoms with van der Waals surface area (Å²) in [5.41, 5.74) is 9.09. The van der Waals surface area contributed by atoms with Crippen LogP contribution in [0.2, 0.25) is 0 Å². The van der Waals surface area contributed by atoms with Crippen LogP contribution in [0.5, 0.6) is 0 Å². The van der Waals surface area contributed by atoms with Crippen LogP contribution in [0.4, 0.5) is 18.9 Å². The quantitative estimate of drug-likeness (QED) is 0.266. The van der Waals surface area contributed by atoms with Crippen LogP contribution >= 0.6 is 0 Å². The Balaban J connectivity index is 2.16. The largest absolute Gasteiger partial charge is 0.461 e. The number of carbonyl (C=O) groups excluding carboxylic acids is 1. The summed E-state index contributed by atoms with van der Waals surface area (Å²) in [6.07, 6.45) is -4.37. The Morgan fingerprint density at radius 1 is 1.04 bits per heavy atom. The molecular weight excluding hydrogens is 361 g/mol. The molecule has 2 aromatic rings. The van der Waals surface area contributed by atoms with Crippen LogP contribution in [-0.4, -0.2) is 12.6 Å². The standard InChI is InChI=1S/C18H19F3N4O2/c1-2-27-17(26)15(25-23)16(22)24-14-9-5-12(6-10-14)11-3-7-13(8-4-11)18(19,20)21/h3-10,24-25H,2,22-23H2,1H3/b16-15+. The van der Waals surface area contributed by atoms with Gasteiger partial charge in [-0.05, 0) is 42.3 Å². The molecule has 6 nitrogen and oxygen atoms in total. The fourth-order valence-corrected chi connectivity index (χ4v) is 2.27. The molecule has 0 radical (unpaired) electrons. The summed E-state index contributed by atoms with van der Waals surface area (Å²) in [4.78, 5) is 11.7. The molecule has 2 aromatic carbocycles. The first-order valence-electron chi connectivity index (χ1n) is 7.94. The molecule has 0 bridgehead atoms. The number of alkyl halides is 3. The Bertz CT molecular complexity index is 816. The molecule has 2 rings (SSSR count). The van der Waals surface area contributed by atoms with Crippen LogP contribution in [0.15, 0.2) is 60.0 Å². The monoisotopic (exact) mass is 380 g/mol. The van der Waals surface area contributed by atoms with Gasteiger partial charge in [0.15, 0.2) is 5.70 Å². The van der Waals surface area contributed by atoms with E-state index in [0.717, 1.165) is 17.7 Å². The number of benzene rings is 2. The number of esters is 1. The highest BCUT2D eigenvalue weighted by Gasteiger charge is 2.29. The number of hydrogen-bond acceptors (Lipinski definition) is 6. The lowest BCUT2D eigenvalue weighted by Gasteiger charge is -2.13. The molecule has 0 atom stereocenters. The Labute approximate surface area is 154 Å². The zero-order valence-corrected chi connectivity index (χ0v) is 14.4. The van der Waals surface area contributed by atoms with Crippen molar-refractivity contribution in [3.63, 3.8) is 0 Å². The van der Waals surface area contributed by atoms with Crippen LogP contribution in [0.1, 0.15) is 12.5 Å². The Hall–Kier alpha value is -3.20. The lowest BCUT2D eigenvalue weighted by Crippen LogP contribution is -2.33. The summed E-state index contributed by atoms with van der Waals surface area (Å²) in [5.74, 6) is 4.56. The summed E-state index contributed by atoms with van der Waals surface area (Å²) >= 11 is 0. The lowest BCUT2D eigenvalue weighted by molar-refractivity contribution is -0.139. The van der Waals surface area contributed by atoms with Gasteiger partial charge in [0.1, 0.15) is 5.82 Å². The molecule has 0 aliphatic rings. The molecule has 0 amide bonds. The number of hydrogen-bond donors (Lipinski definition) is 4. The minimum atomic E-state index is -4.37. The first kappa shape index (κ1) is 20.1. The second-order valence-electron chi connectivity index (χ2n) is 5.43. The second-order valence-corrected chi connectivity index (χ2v) is 5.43. The zero-order chi connectivity index (χ0) is 20.0. The third-order valence-corrected chi connectivity index (χ3v) is 3.60. The first-order chi connectivity index (χ1) is 12.8. The van der Waals surface area contributed by atoms with E-state index in [-0.39, 0.29) is 18.1 Å². The molecule has 9 heteroatoms. The fourth-order valence-electron chi connectivity index (χ4n) is 2.27. The number of rotatable bonds is 6. The van der Waals surface area contributed by atoms with Gasteiger partial charge in [-0.15, -0.1) is 0 Å². The molecule has 0 aromatic heterocycles. The molecule has 0 saturated heterocycles. The van der Waals surface area contributed by atoms with Gasteiger partial charge < -0.3 is 21.2 Å². The molecule has 0 saturated carbocycles. The average molecular weight is 380 g/mol. The number of carbonyl (C=O) groups is 1. The summed E-state index contributed by atoms with van der Waals surface area (Å²) in [7, 11) is 0. The van der Waals surface area contributed by atoms with Gasteiger partial charge in [0, 0.05) is 5.69 Å². The van der Waals surface area contributed by atoms with Gasteiger partial charge in [0.05, 0.1) is 12.2 Å². The zero-order valence-electron chi connectivity index (χ0n) is 14.4. The summed E-state index contributed by atoms with van der Waals surface area (Å²) < 4.78 is 42.7. The van der Waals surface area contributed by atoms with Gasteiger partial charge in [-0.3, -0.25) is 5.84 Å². The lowest BCUT2D eigenvalue weighted by atomic mass is 10.0. The Kier molecular flexibility index (Phi) is 6.30. The van der Waals surface area contributed by atoms with Crippen LogP contribution in [-0.2, 0) is 15.7 Å². The van der Waals surface area contributed by atoms with Crippen LogP contribution in [0.25, 0.3) is 11.1 Å². The van der Waals surface area contributed by atoms with Gasteiger partial charge in [-0.1, -0.05) is 24.3 Å². The van der Waals surface area contributed by atoms with E-state index in [1.165, 1.54) is 12.1 Å². The van der Waals surface area contributed by atoms with Crippen molar-refractivity contribution < 1.29 is 22.7 Å². The number of ether oxygens (including phenoxy) is 1. The number of halogens is 3. The minimum Gasteiger partial charge on any atom is -0.461 e. The van der Waals surface area contributed by atoms with Gasteiger partial charge in [-0.2, -0.15) is 13.2 Å². The maximum atomic E-state index is 12.6. The average Bonchev–Trinajstić information content (AvgIpc) is 2.62. The van der Waals surface area contributed by atoms with E-state index in [4.69, 9.17) is 16.3 Å². The van der Waals surface area contributed by atoms with Crippen LogP contribution in [0.3, 0.4) is 0 Å². The molecule has 6 N–H and O–H groups in total. The molecule has 27 heavy (non-hydrogen) atoms. The van der Waals surface area contributed by atoms with E-state index in [9.17, 15) is 18.0 Å². The summed E-state index contributed by atoms with van der Waals surface area (Å²) in [6.45, 7) is 1.81. The van der Waals surface area contributed by atoms with Crippen molar-refractivity contribution in [2.24, 2.45) is 11.6 Å². The van der Waals surface area contributed by atoms with Crippen molar-refractivity contribution in [1.82, 2.24) is 5.43 Å². The van der Waals surface area contributed by atoms with Gasteiger partial charge >= 0.3 is 12.1 Å². The van der Waals surface area contributed by atoms with E-state index >= 15 is 0 Å². The second kappa shape index (κ2) is 8.45. The van der Waals surface area contributed by atoms with E-state index in [1.807, 2.05) is 0 Å². The Morgan fingerprint density at radius 2 is 1.56 bits per heavy atom. The van der Waals surface area contributed by atoms with Crippen molar-refractivity contribution in [1.29, 1.82) is 0 Å². The predicted molar refractivity (Wildman–Crippen MR) is 95.7 cm³/mol. The van der Waals surface area contributed by atoms with Crippen molar-refractivity contribution in [2.45, 2.75) is 13.1 Å². The highest BCUT2D eigenvalue weighted by molar-refractivity contribution is 5.89. The highest BCUT2D eigenvalue weighted by Crippen LogP contribution is 2.31. The fraction of sp³-hybridized carbons (Fsp3) is 0.167. The van der Waals surface area contributed by atoms with Gasteiger partial charge in [-0.25, -0.2) is 4.79 Å². The van der Waals surface area contributed by atoms with E-state index in [1.54, 1.807) is 31.2 Å².